The van der Waals surface area contributed by atoms with E-state index in [1.165, 1.54) is 18.2 Å². The second-order valence-corrected chi connectivity index (χ2v) is 11.0. The first-order valence-corrected chi connectivity index (χ1v) is 14.3. The molecule has 3 atom stereocenters. The van der Waals surface area contributed by atoms with E-state index in [4.69, 9.17) is 27.4 Å². The lowest BCUT2D eigenvalue weighted by Crippen LogP contribution is -2.37. The number of hydrogen-bond donors (Lipinski definition) is 4. The van der Waals surface area contributed by atoms with Gasteiger partial charge in [0.1, 0.15) is 5.84 Å². The number of allylic oxidation sites excluding steroid dienone is 1. The van der Waals surface area contributed by atoms with E-state index in [9.17, 15) is 18.4 Å². The van der Waals surface area contributed by atoms with Gasteiger partial charge in [-0.05, 0) is 62.1 Å². The van der Waals surface area contributed by atoms with Crippen molar-refractivity contribution < 1.29 is 22.5 Å². The van der Waals surface area contributed by atoms with Crippen LogP contribution in [0, 0.1) is 5.92 Å². The Bertz CT molecular complexity index is 1460. The van der Waals surface area contributed by atoms with Crippen LogP contribution in [-0.2, 0) is 20.3 Å². The molecule has 1 saturated carbocycles. The standard InChI is InChI=1S/C26H26Cl2N6O5S/c1-14(15-4-5-15)31-25(35)17-11-16(27)6-7-21(17)32-26(36)19-13-34(10-8-22(19)39-40(37)38)24-18(12-30-33-24)23-20(28)3-2-9-29-23/h2-3,6-11,14-15,18,30H,4-5,12-13H2,1H3,(H,31,35)(H,32,36)(H,37,38). The van der Waals surface area contributed by atoms with E-state index in [1.807, 2.05) is 6.92 Å². The molecule has 1 aliphatic carbocycles. The van der Waals surface area contributed by atoms with Gasteiger partial charge in [-0.1, -0.05) is 23.2 Å². The Morgan fingerprint density at radius 2 is 2.05 bits per heavy atom. The van der Waals surface area contributed by atoms with Crippen molar-refractivity contribution in [3.8, 4) is 0 Å². The Morgan fingerprint density at radius 3 is 2.77 bits per heavy atom. The van der Waals surface area contributed by atoms with Gasteiger partial charge in [-0.2, -0.15) is 9.31 Å². The van der Waals surface area contributed by atoms with Gasteiger partial charge in [0.2, 0.25) is 0 Å². The molecule has 0 bridgehead atoms. The maximum Gasteiger partial charge on any atom is 0.357 e. The van der Waals surface area contributed by atoms with Crippen LogP contribution in [0.4, 0.5) is 5.69 Å². The van der Waals surface area contributed by atoms with Gasteiger partial charge in [0.25, 0.3) is 11.8 Å². The second kappa shape index (κ2) is 12.0. The first-order valence-electron chi connectivity index (χ1n) is 12.5. The molecule has 14 heteroatoms. The van der Waals surface area contributed by atoms with Crippen LogP contribution in [0.1, 0.15) is 41.7 Å². The normalized spacial score (nSPS) is 19.9. The summed E-state index contributed by atoms with van der Waals surface area (Å²) in [7, 11) is 0. The van der Waals surface area contributed by atoms with Crippen LogP contribution in [0.25, 0.3) is 0 Å². The summed E-state index contributed by atoms with van der Waals surface area (Å²) in [5.74, 6) is -0.436. The molecule has 0 spiro atoms. The third kappa shape index (κ3) is 6.30. The van der Waals surface area contributed by atoms with E-state index in [0.29, 0.717) is 34.0 Å². The minimum Gasteiger partial charge on any atom is -0.379 e. The first-order chi connectivity index (χ1) is 19.2. The number of nitrogens with zero attached hydrogens (tertiary/aromatic N) is 3. The molecule has 1 aromatic carbocycles. The lowest BCUT2D eigenvalue weighted by Gasteiger charge is -2.28. The van der Waals surface area contributed by atoms with Crippen LogP contribution >= 0.6 is 23.2 Å². The zero-order valence-electron chi connectivity index (χ0n) is 21.3. The third-order valence-electron chi connectivity index (χ3n) is 6.84. The molecule has 11 nitrogen and oxygen atoms in total. The summed E-state index contributed by atoms with van der Waals surface area (Å²) in [6.07, 6.45) is 6.74. The number of hydrazone groups is 1. The number of amides is 2. The topological polar surface area (TPSA) is 145 Å². The Labute approximate surface area is 243 Å². The van der Waals surface area contributed by atoms with Crippen LogP contribution in [0.15, 0.2) is 65.2 Å². The molecule has 210 valence electrons. The van der Waals surface area contributed by atoms with E-state index in [2.05, 4.69) is 26.1 Å². The largest absolute Gasteiger partial charge is 0.379 e. The first kappa shape index (κ1) is 28.1. The average molecular weight is 606 g/mol. The van der Waals surface area contributed by atoms with Gasteiger partial charge in [-0.25, -0.2) is 0 Å². The highest BCUT2D eigenvalue weighted by Crippen LogP contribution is 2.33. The van der Waals surface area contributed by atoms with Crippen LogP contribution < -0.4 is 16.1 Å². The van der Waals surface area contributed by atoms with E-state index < -0.39 is 17.3 Å². The number of aromatic nitrogens is 1. The van der Waals surface area contributed by atoms with E-state index in [0.717, 1.165) is 12.8 Å². The van der Waals surface area contributed by atoms with Gasteiger partial charge >= 0.3 is 11.4 Å². The fraction of sp³-hybridized carbons (Fsp3) is 0.308. The molecular weight excluding hydrogens is 579 g/mol. The summed E-state index contributed by atoms with van der Waals surface area (Å²) in [5, 5.41) is 10.9. The fourth-order valence-corrected chi connectivity index (χ4v) is 5.32. The zero-order chi connectivity index (χ0) is 28.4. The van der Waals surface area contributed by atoms with Crippen molar-refractivity contribution in [1.82, 2.24) is 20.6 Å². The van der Waals surface area contributed by atoms with Crippen molar-refractivity contribution >= 4 is 57.9 Å². The van der Waals surface area contributed by atoms with Crippen molar-refractivity contribution in [2.75, 3.05) is 18.4 Å². The molecule has 2 aromatic rings. The summed E-state index contributed by atoms with van der Waals surface area (Å²) >= 11 is 9.88. The fourth-order valence-electron chi connectivity index (χ4n) is 4.59. The molecule has 0 saturated heterocycles. The molecule has 1 aromatic heterocycles. The molecule has 1 fully saturated rings. The smallest absolute Gasteiger partial charge is 0.357 e. The Balaban J connectivity index is 1.40. The Kier molecular flexibility index (Phi) is 8.40. The summed E-state index contributed by atoms with van der Waals surface area (Å²) in [4.78, 5) is 32.7. The second-order valence-electron chi connectivity index (χ2n) is 9.59. The predicted octanol–water partition coefficient (Wildman–Crippen LogP) is 3.79. The molecule has 3 aliphatic rings. The molecule has 0 radical (unpaired) electrons. The molecule has 40 heavy (non-hydrogen) atoms. The number of rotatable bonds is 8. The predicted molar refractivity (Wildman–Crippen MR) is 152 cm³/mol. The molecule has 4 N–H and O–H groups in total. The van der Waals surface area contributed by atoms with Crippen molar-refractivity contribution in [1.29, 1.82) is 0 Å². The maximum absolute atomic E-state index is 13.6. The lowest BCUT2D eigenvalue weighted by atomic mass is 10.0. The van der Waals surface area contributed by atoms with Gasteiger partial charge in [-0.3, -0.25) is 19.1 Å². The van der Waals surface area contributed by atoms with Crippen molar-refractivity contribution in [2.45, 2.75) is 31.7 Å². The van der Waals surface area contributed by atoms with Crippen LogP contribution in [0.3, 0.4) is 0 Å². The number of nitrogens with one attached hydrogen (secondary N) is 3. The molecule has 3 unspecified atom stereocenters. The van der Waals surface area contributed by atoms with Gasteiger partial charge in [0.05, 0.1) is 40.0 Å². The number of amidine groups is 1. The zero-order valence-corrected chi connectivity index (χ0v) is 23.6. The van der Waals surface area contributed by atoms with Gasteiger partial charge in [0, 0.05) is 30.0 Å². The van der Waals surface area contributed by atoms with Crippen molar-refractivity contribution in [2.24, 2.45) is 11.0 Å². The number of anilines is 1. The average Bonchev–Trinajstić information content (AvgIpc) is 3.67. The monoisotopic (exact) mass is 604 g/mol. The Morgan fingerprint density at radius 1 is 1.25 bits per heavy atom. The number of hydrogen-bond acceptors (Lipinski definition) is 8. The third-order valence-corrected chi connectivity index (χ3v) is 7.72. The molecule has 2 amide bonds. The Hall–Kier alpha value is -3.45. The van der Waals surface area contributed by atoms with E-state index in [-0.39, 0.29) is 47.0 Å². The number of pyridine rings is 1. The summed E-state index contributed by atoms with van der Waals surface area (Å²) in [5.41, 5.74) is 4.03. The van der Waals surface area contributed by atoms with Crippen molar-refractivity contribution in [3.05, 3.63) is 81.4 Å². The highest BCUT2D eigenvalue weighted by molar-refractivity contribution is 7.74. The lowest BCUT2D eigenvalue weighted by molar-refractivity contribution is -0.113. The summed E-state index contributed by atoms with van der Waals surface area (Å²) in [6, 6.07) is 8.01. The molecule has 3 heterocycles. The van der Waals surface area contributed by atoms with Crippen LogP contribution in [0.2, 0.25) is 10.0 Å². The number of benzene rings is 1. The van der Waals surface area contributed by atoms with Gasteiger partial charge in [0.15, 0.2) is 5.76 Å². The molecule has 2 aliphatic heterocycles. The molecule has 5 rings (SSSR count). The minimum absolute atomic E-state index is 0.0179. The number of carbonyl (C=O) groups excluding carboxylic acids is 2. The van der Waals surface area contributed by atoms with E-state index in [1.54, 1.807) is 35.5 Å². The number of halogens is 2. The number of carbonyl (C=O) groups is 2. The quantitative estimate of drug-likeness (QED) is 0.333. The van der Waals surface area contributed by atoms with Gasteiger partial charge < -0.3 is 25.1 Å². The van der Waals surface area contributed by atoms with Crippen LogP contribution in [0.5, 0.6) is 0 Å². The highest BCUT2D eigenvalue weighted by Gasteiger charge is 2.34. The highest BCUT2D eigenvalue weighted by atomic mass is 35.5. The maximum atomic E-state index is 13.6. The van der Waals surface area contributed by atoms with E-state index >= 15 is 0 Å². The molecular formula is C26H26Cl2N6O5S. The van der Waals surface area contributed by atoms with Crippen LogP contribution in [-0.4, -0.2) is 55.4 Å². The van der Waals surface area contributed by atoms with Gasteiger partial charge in [-0.15, -0.1) is 0 Å². The van der Waals surface area contributed by atoms with Crippen molar-refractivity contribution in [3.63, 3.8) is 0 Å². The SMILES string of the molecule is CC(NC(=O)c1cc(Cl)ccc1NC(=O)C1=C(OS(=O)O)C=CN(C2=NNCC2c2ncccc2Cl)C1)C1CC1. The minimum atomic E-state index is -2.68. The summed E-state index contributed by atoms with van der Waals surface area (Å²) < 4.78 is 25.9. The summed E-state index contributed by atoms with van der Waals surface area (Å²) in [6.45, 7) is 2.33.